The second-order valence-electron chi connectivity index (χ2n) is 6.06. The molecule has 0 aliphatic heterocycles. The summed E-state index contributed by atoms with van der Waals surface area (Å²) < 4.78 is 3.84. The van der Waals surface area contributed by atoms with Gasteiger partial charge in [-0.3, -0.25) is 0 Å². The summed E-state index contributed by atoms with van der Waals surface area (Å²) in [5.74, 6) is 1.48. The maximum absolute atomic E-state index is 4.42. The van der Waals surface area contributed by atoms with E-state index in [0.29, 0.717) is 6.54 Å². The molecule has 4 aromatic heterocycles. The van der Waals surface area contributed by atoms with Gasteiger partial charge in [0.25, 0.3) is 0 Å². The van der Waals surface area contributed by atoms with Crippen molar-refractivity contribution in [2.24, 2.45) is 0 Å². The number of hydrogen-bond acceptors (Lipinski definition) is 6. The van der Waals surface area contributed by atoms with Crippen molar-refractivity contribution in [1.29, 1.82) is 0 Å². The summed E-state index contributed by atoms with van der Waals surface area (Å²) in [6, 6.07) is 13.8. The summed E-state index contributed by atoms with van der Waals surface area (Å²) >= 11 is 0. The van der Waals surface area contributed by atoms with Crippen LogP contribution in [0.5, 0.6) is 0 Å². The molecule has 0 saturated carbocycles. The first kappa shape index (κ1) is 15.4. The first-order valence-electron chi connectivity index (χ1n) is 8.64. The molecule has 0 saturated heterocycles. The Morgan fingerprint density at radius 2 is 1.85 bits per heavy atom. The molecule has 5 rings (SSSR count). The van der Waals surface area contributed by atoms with E-state index < -0.39 is 0 Å². The number of imidazole rings is 1. The van der Waals surface area contributed by atoms with E-state index >= 15 is 0 Å². The number of anilines is 1. The van der Waals surface area contributed by atoms with Crippen LogP contribution >= 0.6 is 0 Å². The van der Waals surface area contributed by atoms with Gasteiger partial charge >= 0.3 is 0 Å². The molecule has 0 aliphatic rings. The van der Waals surface area contributed by atoms with Gasteiger partial charge in [-0.2, -0.15) is 9.78 Å². The maximum atomic E-state index is 4.42. The number of rotatable bonds is 5. The number of hydrogen-bond donors (Lipinski definition) is 1. The molecule has 27 heavy (non-hydrogen) atoms. The fourth-order valence-electron chi connectivity index (χ4n) is 3.11. The number of fused-ring (bicyclic) bond motifs is 2. The van der Waals surface area contributed by atoms with Crippen LogP contribution in [0.25, 0.3) is 27.9 Å². The zero-order valence-corrected chi connectivity index (χ0v) is 14.4. The molecule has 132 valence electrons. The van der Waals surface area contributed by atoms with Crippen molar-refractivity contribution in [2.75, 3.05) is 11.9 Å². The number of benzene rings is 1. The molecule has 8 heteroatoms. The largest absolute Gasteiger partial charge is 0.368 e. The van der Waals surface area contributed by atoms with Crippen molar-refractivity contribution in [3.8, 4) is 5.82 Å². The molecule has 0 spiro atoms. The molecule has 5 aromatic rings. The van der Waals surface area contributed by atoms with Gasteiger partial charge in [0.05, 0.1) is 28.9 Å². The van der Waals surface area contributed by atoms with Crippen molar-refractivity contribution in [2.45, 2.75) is 6.54 Å². The third-order valence-corrected chi connectivity index (χ3v) is 4.40. The lowest BCUT2D eigenvalue weighted by Gasteiger charge is -2.08. The van der Waals surface area contributed by atoms with E-state index in [9.17, 15) is 0 Å². The topological polar surface area (TPSA) is 86.3 Å². The van der Waals surface area contributed by atoms with E-state index in [4.69, 9.17) is 0 Å². The number of nitrogens with zero attached hydrogens (tertiary/aromatic N) is 7. The van der Waals surface area contributed by atoms with Crippen molar-refractivity contribution >= 4 is 27.9 Å². The summed E-state index contributed by atoms with van der Waals surface area (Å²) in [6.45, 7) is 1.49. The minimum atomic E-state index is 0.710. The van der Waals surface area contributed by atoms with E-state index in [-0.39, 0.29) is 0 Å². The Kier molecular flexibility index (Phi) is 3.71. The summed E-state index contributed by atoms with van der Waals surface area (Å²) in [6.07, 6.45) is 6.90. The highest BCUT2D eigenvalue weighted by Gasteiger charge is 2.11. The van der Waals surface area contributed by atoms with Crippen LogP contribution in [0.15, 0.2) is 67.5 Å². The van der Waals surface area contributed by atoms with Crippen molar-refractivity contribution < 1.29 is 0 Å². The molecule has 0 bridgehead atoms. The molecule has 0 amide bonds. The van der Waals surface area contributed by atoms with Crippen molar-refractivity contribution in [3.63, 3.8) is 0 Å². The highest BCUT2D eigenvalue weighted by Crippen LogP contribution is 2.20. The monoisotopic (exact) mass is 356 g/mol. The quantitative estimate of drug-likeness (QED) is 0.521. The molecule has 0 unspecified atom stereocenters. The van der Waals surface area contributed by atoms with Gasteiger partial charge in [0.15, 0.2) is 11.5 Å². The molecule has 8 nitrogen and oxygen atoms in total. The molecule has 0 aliphatic carbocycles. The Bertz CT molecular complexity index is 1210. The van der Waals surface area contributed by atoms with Crippen LogP contribution < -0.4 is 5.32 Å². The van der Waals surface area contributed by atoms with Crippen LogP contribution in [0.4, 0.5) is 5.82 Å². The van der Waals surface area contributed by atoms with E-state index in [1.54, 1.807) is 23.4 Å². The maximum Gasteiger partial charge on any atom is 0.170 e. The second kappa shape index (κ2) is 6.49. The second-order valence-corrected chi connectivity index (χ2v) is 6.06. The van der Waals surface area contributed by atoms with Gasteiger partial charge in [0, 0.05) is 19.3 Å². The number of pyridine rings is 1. The molecular formula is C19H16N8. The molecule has 0 fully saturated rings. The lowest BCUT2D eigenvalue weighted by atomic mass is 10.3. The summed E-state index contributed by atoms with van der Waals surface area (Å²) in [4.78, 5) is 17.5. The third-order valence-electron chi connectivity index (χ3n) is 4.40. The predicted octanol–water partition coefficient (Wildman–Crippen LogP) is 2.67. The van der Waals surface area contributed by atoms with Gasteiger partial charge in [0.1, 0.15) is 12.1 Å². The molecule has 4 heterocycles. The Hall–Kier alpha value is -3.81. The minimum Gasteiger partial charge on any atom is -0.368 e. The van der Waals surface area contributed by atoms with Gasteiger partial charge < -0.3 is 9.88 Å². The molecule has 1 N–H and O–H groups in total. The lowest BCUT2D eigenvalue weighted by Crippen LogP contribution is -2.11. The summed E-state index contributed by atoms with van der Waals surface area (Å²) in [5.41, 5.74) is 2.84. The van der Waals surface area contributed by atoms with Gasteiger partial charge in [-0.25, -0.2) is 19.9 Å². The lowest BCUT2D eigenvalue weighted by molar-refractivity contribution is 0.747. The van der Waals surface area contributed by atoms with E-state index in [2.05, 4.69) is 41.0 Å². The fourth-order valence-corrected chi connectivity index (χ4v) is 3.11. The Morgan fingerprint density at radius 1 is 0.926 bits per heavy atom. The highest BCUT2D eigenvalue weighted by atomic mass is 15.3. The zero-order chi connectivity index (χ0) is 18.1. The normalized spacial score (nSPS) is 11.3. The molecule has 0 radical (unpaired) electrons. The number of nitrogens with one attached hydrogen (secondary N) is 1. The first-order valence-corrected chi connectivity index (χ1v) is 8.64. The average Bonchev–Trinajstić information content (AvgIpc) is 3.34. The van der Waals surface area contributed by atoms with E-state index in [0.717, 1.165) is 40.2 Å². The van der Waals surface area contributed by atoms with Gasteiger partial charge in [-0.1, -0.05) is 18.2 Å². The predicted molar refractivity (Wildman–Crippen MR) is 103 cm³/mol. The smallest absolute Gasteiger partial charge is 0.170 e. The van der Waals surface area contributed by atoms with Crippen LogP contribution in [0.3, 0.4) is 0 Å². The molecular weight excluding hydrogens is 340 g/mol. The standard InChI is InChI=1S/C19H16N8/c1-2-6-16-15(5-1)24-13-26(16)10-9-21-18-14-11-25-27(19(14)23-12-22-18)17-7-3-4-8-20-17/h1-8,11-13H,9-10H2,(H,21,22,23). The zero-order valence-electron chi connectivity index (χ0n) is 14.4. The fraction of sp³-hybridized carbons (Fsp3) is 0.105. The number of aromatic nitrogens is 7. The van der Waals surface area contributed by atoms with E-state index in [1.165, 1.54) is 0 Å². The minimum absolute atomic E-state index is 0.710. The SMILES string of the molecule is c1ccc(-n2ncc3c(NCCn4cnc5ccccc54)ncnc32)nc1. The first-order chi connectivity index (χ1) is 13.4. The van der Waals surface area contributed by atoms with Crippen molar-refractivity contribution in [3.05, 3.63) is 67.5 Å². The molecule has 0 atom stereocenters. The Morgan fingerprint density at radius 3 is 2.78 bits per heavy atom. The van der Waals surface area contributed by atoms with Crippen LogP contribution in [-0.4, -0.2) is 40.8 Å². The summed E-state index contributed by atoms with van der Waals surface area (Å²) in [5, 5.41) is 8.66. The Labute approximate surface area is 154 Å². The van der Waals surface area contributed by atoms with Gasteiger partial charge in [-0.15, -0.1) is 0 Å². The molecule has 1 aromatic carbocycles. The summed E-state index contributed by atoms with van der Waals surface area (Å²) in [7, 11) is 0. The van der Waals surface area contributed by atoms with Crippen LogP contribution in [0.1, 0.15) is 0 Å². The van der Waals surface area contributed by atoms with Crippen LogP contribution in [0.2, 0.25) is 0 Å². The average molecular weight is 356 g/mol. The third kappa shape index (κ3) is 2.77. The van der Waals surface area contributed by atoms with Crippen LogP contribution in [-0.2, 0) is 6.54 Å². The number of para-hydroxylation sites is 2. The highest BCUT2D eigenvalue weighted by molar-refractivity contribution is 5.86. The van der Waals surface area contributed by atoms with Crippen LogP contribution in [0, 0.1) is 0 Å². The van der Waals surface area contributed by atoms with Gasteiger partial charge in [-0.05, 0) is 24.3 Å². The van der Waals surface area contributed by atoms with E-state index in [1.807, 2.05) is 42.7 Å². The Balaban J connectivity index is 1.39. The van der Waals surface area contributed by atoms with Crippen molar-refractivity contribution in [1.82, 2.24) is 34.3 Å². The van der Waals surface area contributed by atoms with Gasteiger partial charge in [0.2, 0.25) is 0 Å².